The summed E-state index contributed by atoms with van der Waals surface area (Å²) in [6.45, 7) is 0.387. The van der Waals surface area contributed by atoms with Crippen molar-refractivity contribution in [1.82, 2.24) is 5.06 Å². The Morgan fingerprint density at radius 1 is 1.00 bits per heavy atom. The summed E-state index contributed by atoms with van der Waals surface area (Å²) in [4.78, 5) is 29.1. The minimum atomic E-state index is -0.365. The number of rotatable bonds is 6. The second-order valence-corrected chi connectivity index (χ2v) is 4.83. The lowest BCUT2D eigenvalue weighted by molar-refractivity contribution is -0.0922. The van der Waals surface area contributed by atoms with Gasteiger partial charge in [0.1, 0.15) is 0 Å². The topological polar surface area (TPSA) is 46.6 Å². The van der Waals surface area contributed by atoms with Gasteiger partial charge in [0, 0.05) is 5.33 Å². The molecule has 4 nitrogen and oxygen atoms in total. The molecule has 0 fully saturated rings. The molecule has 1 aliphatic rings. The highest BCUT2D eigenvalue weighted by molar-refractivity contribution is 9.09. The number of alkyl halides is 1. The Morgan fingerprint density at radius 3 is 2.17 bits per heavy atom. The number of amides is 2. The average molecular weight is 312 g/mol. The van der Waals surface area contributed by atoms with Gasteiger partial charge < -0.3 is 0 Å². The Bertz CT molecular complexity index is 426. The number of benzene rings is 1. The summed E-state index contributed by atoms with van der Waals surface area (Å²) in [5.41, 5.74) is 0.839. The first kappa shape index (κ1) is 13.2. The molecule has 0 spiro atoms. The Labute approximate surface area is 114 Å². The third-order valence-electron chi connectivity index (χ3n) is 2.76. The molecule has 0 saturated carbocycles. The van der Waals surface area contributed by atoms with Crippen LogP contribution < -0.4 is 0 Å². The minimum Gasteiger partial charge on any atom is -0.266 e. The summed E-state index contributed by atoms with van der Waals surface area (Å²) in [6.07, 6.45) is 2.90. The van der Waals surface area contributed by atoms with Gasteiger partial charge in [-0.2, -0.15) is 0 Å². The van der Waals surface area contributed by atoms with Crippen molar-refractivity contribution in [2.24, 2.45) is 0 Å². The van der Waals surface area contributed by atoms with Gasteiger partial charge in [-0.05, 0) is 25.0 Å². The van der Waals surface area contributed by atoms with E-state index in [1.807, 2.05) is 0 Å². The van der Waals surface area contributed by atoms with Crippen LogP contribution in [0.3, 0.4) is 0 Å². The molecule has 0 saturated heterocycles. The van der Waals surface area contributed by atoms with E-state index in [0.29, 0.717) is 17.7 Å². The third-order valence-corrected chi connectivity index (χ3v) is 3.32. The standard InChI is InChI=1S/C13H14BrNO3/c14-8-4-1-5-9-18-15-12(16)10-6-2-3-7-11(10)13(15)17/h2-3,6-7H,1,4-5,8-9H2. The van der Waals surface area contributed by atoms with Crippen LogP contribution >= 0.6 is 15.9 Å². The first-order valence-electron chi connectivity index (χ1n) is 5.92. The number of hydrogen-bond donors (Lipinski definition) is 0. The maximum Gasteiger partial charge on any atom is 0.285 e. The van der Waals surface area contributed by atoms with E-state index < -0.39 is 0 Å². The van der Waals surface area contributed by atoms with Crippen molar-refractivity contribution in [3.63, 3.8) is 0 Å². The van der Waals surface area contributed by atoms with Crippen molar-refractivity contribution < 1.29 is 14.4 Å². The molecule has 0 radical (unpaired) electrons. The van der Waals surface area contributed by atoms with Crippen LogP contribution in [-0.2, 0) is 4.84 Å². The molecule has 18 heavy (non-hydrogen) atoms. The molecule has 0 bridgehead atoms. The lowest BCUT2D eigenvalue weighted by Gasteiger charge is -2.12. The highest BCUT2D eigenvalue weighted by atomic mass is 79.9. The lowest BCUT2D eigenvalue weighted by Crippen LogP contribution is -2.30. The molecule has 2 amide bonds. The van der Waals surface area contributed by atoms with E-state index in [-0.39, 0.29) is 11.8 Å². The SMILES string of the molecule is O=C1c2ccccc2C(=O)N1OCCCCCBr. The van der Waals surface area contributed by atoms with Crippen LogP contribution in [0.5, 0.6) is 0 Å². The molecule has 0 atom stereocenters. The minimum absolute atomic E-state index is 0.365. The molecule has 0 aliphatic carbocycles. The number of imide groups is 1. The number of halogens is 1. The van der Waals surface area contributed by atoms with E-state index in [1.165, 1.54) is 0 Å². The van der Waals surface area contributed by atoms with E-state index in [2.05, 4.69) is 15.9 Å². The lowest BCUT2D eigenvalue weighted by atomic mass is 10.1. The smallest absolute Gasteiger partial charge is 0.266 e. The Balaban J connectivity index is 1.93. The molecular weight excluding hydrogens is 298 g/mol. The second kappa shape index (κ2) is 6.11. The molecule has 0 aromatic heterocycles. The van der Waals surface area contributed by atoms with Gasteiger partial charge in [-0.15, -0.1) is 5.06 Å². The van der Waals surface area contributed by atoms with E-state index in [1.54, 1.807) is 24.3 Å². The molecule has 1 heterocycles. The van der Waals surface area contributed by atoms with Crippen molar-refractivity contribution in [2.45, 2.75) is 19.3 Å². The fourth-order valence-electron chi connectivity index (χ4n) is 1.81. The number of carbonyl (C=O) groups is 2. The van der Waals surface area contributed by atoms with Crippen molar-refractivity contribution in [3.05, 3.63) is 35.4 Å². The third kappa shape index (κ3) is 2.62. The van der Waals surface area contributed by atoms with Crippen molar-refractivity contribution in [3.8, 4) is 0 Å². The van der Waals surface area contributed by atoms with Gasteiger partial charge >= 0.3 is 0 Å². The summed E-state index contributed by atoms with van der Waals surface area (Å²) < 4.78 is 0. The number of fused-ring (bicyclic) bond motifs is 1. The fraction of sp³-hybridized carbons (Fsp3) is 0.385. The monoisotopic (exact) mass is 311 g/mol. The van der Waals surface area contributed by atoms with Crippen LogP contribution in [-0.4, -0.2) is 28.8 Å². The maximum absolute atomic E-state index is 11.9. The van der Waals surface area contributed by atoms with Crippen LogP contribution in [0.2, 0.25) is 0 Å². The molecule has 0 unspecified atom stereocenters. The predicted molar refractivity (Wildman–Crippen MR) is 70.5 cm³/mol. The van der Waals surface area contributed by atoms with Gasteiger partial charge in [0.25, 0.3) is 11.8 Å². The highest BCUT2D eigenvalue weighted by Crippen LogP contribution is 2.22. The van der Waals surface area contributed by atoms with Crippen molar-refractivity contribution in [2.75, 3.05) is 11.9 Å². The zero-order chi connectivity index (χ0) is 13.0. The van der Waals surface area contributed by atoms with E-state index in [9.17, 15) is 9.59 Å². The second-order valence-electron chi connectivity index (χ2n) is 4.03. The molecule has 0 N–H and O–H groups in total. The van der Waals surface area contributed by atoms with Crippen LogP contribution in [0, 0.1) is 0 Å². The first-order chi connectivity index (χ1) is 8.75. The predicted octanol–water partition coefficient (Wildman–Crippen LogP) is 2.78. The van der Waals surface area contributed by atoms with Crippen LogP contribution in [0.25, 0.3) is 0 Å². The molecule has 1 aromatic carbocycles. The molecular formula is C13H14BrNO3. The first-order valence-corrected chi connectivity index (χ1v) is 7.04. The van der Waals surface area contributed by atoms with Gasteiger partial charge in [0.05, 0.1) is 17.7 Å². The zero-order valence-electron chi connectivity index (χ0n) is 9.89. The van der Waals surface area contributed by atoms with Crippen LogP contribution in [0.15, 0.2) is 24.3 Å². The number of carbonyl (C=O) groups excluding carboxylic acids is 2. The van der Waals surface area contributed by atoms with E-state index in [0.717, 1.165) is 29.7 Å². The Hall–Kier alpha value is -1.20. The summed E-state index contributed by atoms with van der Waals surface area (Å²) >= 11 is 3.35. The highest BCUT2D eigenvalue weighted by Gasteiger charge is 2.36. The largest absolute Gasteiger partial charge is 0.285 e. The zero-order valence-corrected chi connectivity index (χ0v) is 11.5. The van der Waals surface area contributed by atoms with Crippen molar-refractivity contribution in [1.29, 1.82) is 0 Å². The average Bonchev–Trinajstić information content (AvgIpc) is 2.64. The molecule has 1 aliphatic heterocycles. The molecule has 5 heteroatoms. The number of hydrogen-bond acceptors (Lipinski definition) is 3. The molecule has 2 rings (SSSR count). The number of hydroxylamine groups is 2. The number of nitrogens with zero attached hydrogens (tertiary/aromatic N) is 1. The summed E-state index contributed by atoms with van der Waals surface area (Å²) in [7, 11) is 0. The number of unbranched alkanes of at least 4 members (excludes halogenated alkanes) is 2. The summed E-state index contributed by atoms with van der Waals surface area (Å²) in [5.74, 6) is -0.729. The van der Waals surface area contributed by atoms with Gasteiger partial charge in [-0.25, -0.2) is 0 Å². The quantitative estimate of drug-likeness (QED) is 0.461. The van der Waals surface area contributed by atoms with Crippen molar-refractivity contribution >= 4 is 27.7 Å². The van der Waals surface area contributed by atoms with Crippen LogP contribution in [0.1, 0.15) is 40.0 Å². The fourth-order valence-corrected chi connectivity index (χ4v) is 2.21. The van der Waals surface area contributed by atoms with Crippen LogP contribution in [0.4, 0.5) is 0 Å². The van der Waals surface area contributed by atoms with Gasteiger partial charge in [-0.1, -0.05) is 34.5 Å². The molecule has 96 valence electrons. The maximum atomic E-state index is 11.9. The summed E-state index contributed by atoms with van der Waals surface area (Å²) in [6, 6.07) is 6.76. The molecule has 1 aromatic rings. The van der Waals surface area contributed by atoms with E-state index >= 15 is 0 Å². The normalized spacial score (nSPS) is 14.2. The van der Waals surface area contributed by atoms with E-state index in [4.69, 9.17) is 4.84 Å². The van der Waals surface area contributed by atoms with Gasteiger partial charge in [-0.3, -0.25) is 14.4 Å². The Kier molecular flexibility index (Phi) is 4.49. The van der Waals surface area contributed by atoms with Gasteiger partial charge in [0.15, 0.2) is 0 Å². The van der Waals surface area contributed by atoms with Gasteiger partial charge in [0.2, 0.25) is 0 Å². The Morgan fingerprint density at radius 2 is 1.61 bits per heavy atom. The summed E-state index contributed by atoms with van der Waals surface area (Å²) in [5, 5.41) is 1.83.